The first-order valence-electron chi connectivity index (χ1n) is 8.58. The van der Waals surface area contributed by atoms with Crippen LogP contribution in [-0.4, -0.2) is 18.6 Å². The minimum atomic E-state index is -3.80. The summed E-state index contributed by atoms with van der Waals surface area (Å²) in [7, 11) is -3.80. The summed E-state index contributed by atoms with van der Waals surface area (Å²) in [6, 6.07) is 14.2. The van der Waals surface area contributed by atoms with Crippen molar-refractivity contribution in [1.29, 1.82) is 0 Å². The summed E-state index contributed by atoms with van der Waals surface area (Å²) in [5.41, 5.74) is 7.98. The van der Waals surface area contributed by atoms with E-state index in [2.05, 4.69) is 14.9 Å². The summed E-state index contributed by atoms with van der Waals surface area (Å²) in [5.74, 6) is -0.249. The van der Waals surface area contributed by atoms with E-state index < -0.39 is 15.8 Å². The zero-order chi connectivity index (χ0) is 20.8. The maximum Gasteiger partial charge on any atom is 0.261 e. The van der Waals surface area contributed by atoms with Crippen LogP contribution in [-0.2, 0) is 10.0 Å². The number of hydrogen-bond acceptors (Lipinski definition) is 4. The average Bonchev–Trinajstić information content (AvgIpc) is 3.07. The third-order valence-electron chi connectivity index (χ3n) is 4.61. The molecule has 0 aliphatic carbocycles. The van der Waals surface area contributed by atoms with Crippen LogP contribution in [0.1, 0.15) is 5.56 Å². The number of nitrogens with one attached hydrogen (secondary N) is 2. The summed E-state index contributed by atoms with van der Waals surface area (Å²) in [5, 5.41) is 7.27. The Morgan fingerprint density at radius 1 is 1.10 bits per heavy atom. The molecule has 0 bridgehead atoms. The molecule has 29 heavy (non-hydrogen) atoms. The van der Waals surface area contributed by atoms with E-state index >= 15 is 0 Å². The van der Waals surface area contributed by atoms with Gasteiger partial charge in [-0.3, -0.25) is 9.82 Å². The maximum atomic E-state index is 14.8. The molecular weight excluding hydrogens is 415 g/mol. The van der Waals surface area contributed by atoms with Crippen LogP contribution in [0.2, 0.25) is 5.02 Å². The van der Waals surface area contributed by atoms with Crippen molar-refractivity contribution in [2.75, 3.05) is 10.5 Å². The number of sulfonamides is 1. The second kappa shape index (κ2) is 7.06. The van der Waals surface area contributed by atoms with Crippen LogP contribution in [0.15, 0.2) is 59.5 Å². The molecule has 6 nitrogen and oxygen atoms in total. The van der Waals surface area contributed by atoms with E-state index in [1.54, 1.807) is 49.4 Å². The Morgan fingerprint density at radius 3 is 2.52 bits per heavy atom. The third kappa shape index (κ3) is 3.52. The molecule has 4 N–H and O–H groups in total. The van der Waals surface area contributed by atoms with Crippen LogP contribution in [0.3, 0.4) is 0 Å². The van der Waals surface area contributed by atoms with Gasteiger partial charge in [-0.25, -0.2) is 12.8 Å². The second-order valence-corrected chi connectivity index (χ2v) is 8.64. The number of fused-ring (bicyclic) bond motifs is 1. The Labute approximate surface area is 171 Å². The number of H-pyrrole nitrogens is 1. The van der Waals surface area contributed by atoms with Gasteiger partial charge in [0.15, 0.2) is 11.6 Å². The normalized spacial score (nSPS) is 11.7. The van der Waals surface area contributed by atoms with Crippen molar-refractivity contribution in [3.05, 3.63) is 71.0 Å². The lowest BCUT2D eigenvalue weighted by Gasteiger charge is -2.10. The minimum absolute atomic E-state index is 0.0607. The van der Waals surface area contributed by atoms with Crippen LogP contribution < -0.4 is 10.5 Å². The number of nitrogen functional groups attached to an aromatic ring is 1. The molecular formula is C20H16ClFN4O2S. The highest BCUT2D eigenvalue weighted by Crippen LogP contribution is 2.31. The first-order chi connectivity index (χ1) is 13.8. The SMILES string of the molecule is Cc1ccc(S(=O)(=O)Nc2ccc(-c3ccc4c(N)n[nH]c4c3F)cc2)cc1Cl. The topological polar surface area (TPSA) is 101 Å². The van der Waals surface area contributed by atoms with Crippen LogP contribution in [0, 0.1) is 12.7 Å². The quantitative estimate of drug-likeness (QED) is 0.436. The van der Waals surface area contributed by atoms with Gasteiger partial charge < -0.3 is 5.73 Å². The van der Waals surface area contributed by atoms with Crippen LogP contribution in [0.5, 0.6) is 0 Å². The Kier molecular flexibility index (Phi) is 4.68. The zero-order valence-corrected chi connectivity index (χ0v) is 16.8. The Balaban J connectivity index is 1.63. The van der Waals surface area contributed by atoms with Gasteiger partial charge in [-0.2, -0.15) is 5.10 Å². The van der Waals surface area contributed by atoms with E-state index in [-0.39, 0.29) is 16.2 Å². The van der Waals surface area contributed by atoms with Crippen molar-refractivity contribution in [1.82, 2.24) is 10.2 Å². The number of aromatic nitrogens is 2. The number of nitrogens with zero attached hydrogens (tertiary/aromatic N) is 1. The molecule has 0 radical (unpaired) electrons. The molecule has 0 aliphatic rings. The standard InChI is InChI=1S/C20H16ClFN4O2S/c1-11-2-7-14(10-17(11)21)29(27,28)26-13-5-3-12(4-6-13)15-8-9-16-19(18(15)22)24-25-20(16)23/h2-10,26H,1H3,(H3,23,24,25). The largest absolute Gasteiger partial charge is 0.382 e. The molecule has 3 aromatic carbocycles. The lowest BCUT2D eigenvalue weighted by atomic mass is 10.0. The Hall–Kier alpha value is -3.10. The highest BCUT2D eigenvalue weighted by Gasteiger charge is 2.16. The number of rotatable bonds is 4. The summed E-state index contributed by atoms with van der Waals surface area (Å²) in [6.07, 6.45) is 0. The summed E-state index contributed by atoms with van der Waals surface area (Å²) in [6.45, 7) is 1.79. The van der Waals surface area contributed by atoms with Crippen molar-refractivity contribution in [2.24, 2.45) is 0 Å². The Morgan fingerprint density at radius 2 is 1.83 bits per heavy atom. The monoisotopic (exact) mass is 430 g/mol. The molecule has 0 aliphatic heterocycles. The molecule has 0 amide bonds. The van der Waals surface area contributed by atoms with Gasteiger partial charge in [0.2, 0.25) is 0 Å². The smallest absolute Gasteiger partial charge is 0.261 e. The minimum Gasteiger partial charge on any atom is -0.382 e. The molecule has 0 atom stereocenters. The number of nitrogens with two attached hydrogens (primary N) is 1. The molecule has 1 aromatic heterocycles. The second-order valence-electron chi connectivity index (χ2n) is 6.55. The van der Waals surface area contributed by atoms with Gasteiger partial charge in [-0.1, -0.05) is 35.9 Å². The number of benzene rings is 3. The van der Waals surface area contributed by atoms with E-state index in [9.17, 15) is 12.8 Å². The predicted octanol–water partition coefficient (Wildman–Crippen LogP) is 4.71. The summed E-state index contributed by atoms with van der Waals surface area (Å²) in [4.78, 5) is 0.0607. The third-order valence-corrected chi connectivity index (χ3v) is 6.39. The lowest BCUT2D eigenvalue weighted by molar-refractivity contribution is 0.601. The molecule has 0 saturated carbocycles. The van der Waals surface area contributed by atoms with Crippen LogP contribution >= 0.6 is 11.6 Å². The molecule has 0 fully saturated rings. The molecule has 0 spiro atoms. The molecule has 148 valence electrons. The van der Waals surface area contributed by atoms with Gasteiger partial charge in [0.05, 0.1) is 4.90 Å². The van der Waals surface area contributed by atoms with Gasteiger partial charge in [-0.05, 0) is 48.4 Å². The van der Waals surface area contributed by atoms with E-state index in [1.807, 2.05) is 0 Å². The molecule has 0 unspecified atom stereocenters. The van der Waals surface area contributed by atoms with Gasteiger partial charge in [-0.15, -0.1) is 0 Å². The number of aryl methyl sites for hydroxylation is 1. The van der Waals surface area contributed by atoms with Gasteiger partial charge in [0.25, 0.3) is 10.0 Å². The molecule has 9 heteroatoms. The number of anilines is 2. The highest BCUT2D eigenvalue weighted by molar-refractivity contribution is 7.92. The van der Waals surface area contributed by atoms with E-state index in [0.29, 0.717) is 27.2 Å². The maximum absolute atomic E-state index is 14.8. The zero-order valence-electron chi connectivity index (χ0n) is 15.2. The molecule has 1 heterocycles. The number of hydrogen-bond donors (Lipinski definition) is 3. The van der Waals surface area contributed by atoms with E-state index in [0.717, 1.165) is 5.56 Å². The highest BCUT2D eigenvalue weighted by atomic mass is 35.5. The lowest BCUT2D eigenvalue weighted by Crippen LogP contribution is -2.13. The first-order valence-corrected chi connectivity index (χ1v) is 10.4. The summed E-state index contributed by atoms with van der Waals surface area (Å²) < 4.78 is 42.4. The van der Waals surface area contributed by atoms with Gasteiger partial charge >= 0.3 is 0 Å². The van der Waals surface area contributed by atoms with Crippen LogP contribution in [0.4, 0.5) is 15.9 Å². The van der Waals surface area contributed by atoms with Gasteiger partial charge in [0, 0.05) is 21.7 Å². The molecule has 0 saturated heterocycles. The molecule has 4 rings (SSSR count). The van der Waals surface area contributed by atoms with Gasteiger partial charge in [0.1, 0.15) is 5.52 Å². The van der Waals surface area contributed by atoms with Crippen molar-refractivity contribution in [3.8, 4) is 11.1 Å². The van der Waals surface area contributed by atoms with Crippen molar-refractivity contribution < 1.29 is 12.8 Å². The fourth-order valence-electron chi connectivity index (χ4n) is 2.97. The number of aromatic amines is 1. The van der Waals surface area contributed by atoms with E-state index in [4.69, 9.17) is 17.3 Å². The number of halogens is 2. The first kappa shape index (κ1) is 19.2. The average molecular weight is 431 g/mol. The fourth-order valence-corrected chi connectivity index (χ4v) is 4.30. The van der Waals surface area contributed by atoms with Crippen molar-refractivity contribution in [3.63, 3.8) is 0 Å². The molecule has 4 aromatic rings. The van der Waals surface area contributed by atoms with Crippen molar-refractivity contribution >= 4 is 44.0 Å². The fraction of sp³-hybridized carbons (Fsp3) is 0.0500. The van der Waals surface area contributed by atoms with Crippen molar-refractivity contribution in [2.45, 2.75) is 11.8 Å². The van der Waals surface area contributed by atoms with E-state index in [1.165, 1.54) is 12.1 Å². The summed E-state index contributed by atoms with van der Waals surface area (Å²) >= 11 is 6.03. The Bertz CT molecular complexity index is 1330. The predicted molar refractivity (Wildman–Crippen MR) is 113 cm³/mol. The van der Waals surface area contributed by atoms with Crippen LogP contribution in [0.25, 0.3) is 22.0 Å².